The van der Waals surface area contributed by atoms with Crippen molar-refractivity contribution in [2.24, 2.45) is 5.73 Å². The summed E-state index contributed by atoms with van der Waals surface area (Å²) in [6.07, 6.45) is -3.94. The maximum absolute atomic E-state index is 13.3. The van der Waals surface area contributed by atoms with Gasteiger partial charge in [0, 0.05) is 24.6 Å². The molecule has 2 heterocycles. The number of aromatic nitrogens is 4. The Labute approximate surface area is 263 Å². The molecule has 244 valence electrons. The Hall–Kier alpha value is -3.96. The van der Waals surface area contributed by atoms with Gasteiger partial charge < -0.3 is 16.2 Å². The molecule has 2 aromatic carbocycles. The molecule has 9 nitrogen and oxygen atoms in total. The van der Waals surface area contributed by atoms with Crippen LogP contribution in [0.3, 0.4) is 0 Å². The Bertz CT molecular complexity index is 1490. The molecule has 0 aliphatic rings. The number of amides is 1. The standard InChI is InChI=1S/C14H14F3N3OS.C11H7F3N2O2.C3H9NS/c1-22-8-7-18-13(21)11-9-19-20(12(11)14(15,16)17)10-5-3-2-4-6-10;12-11(13,14)9-8(10(17)18)6-15-16(9)7-4-2-1-3-5-7;1-5-3-2-4/h2-6,9H,7-8H2,1H3,(H,18,21);1-6H,(H,17,18);2-4H2,1H3. The number of nitrogens with one attached hydrogen (secondary N) is 1. The number of hydrogen-bond acceptors (Lipinski definition) is 7. The number of carbonyl (C=O) groups is 2. The van der Waals surface area contributed by atoms with E-state index in [1.54, 1.807) is 36.0 Å². The summed E-state index contributed by atoms with van der Waals surface area (Å²) in [6.45, 7) is 1.11. The average molecular weight is 677 g/mol. The first-order valence-corrected chi connectivity index (χ1v) is 15.7. The summed E-state index contributed by atoms with van der Waals surface area (Å²) in [5.41, 5.74) is 1.81. The summed E-state index contributed by atoms with van der Waals surface area (Å²) in [5, 5.41) is 18.4. The van der Waals surface area contributed by atoms with Crippen LogP contribution in [0, 0.1) is 0 Å². The van der Waals surface area contributed by atoms with E-state index in [1.165, 1.54) is 48.2 Å². The molecule has 1 amide bonds. The minimum absolute atomic E-state index is 0.150. The Kier molecular flexibility index (Phi) is 14.5. The molecule has 4 N–H and O–H groups in total. The predicted molar refractivity (Wildman–Crippen MR) is 162 cm³/mol. The van der Waals surface area contributed by atoms with E-state index in [0.717, 1.165) is 23.2 Å². The van der Waals surface area contributed by atoms with Gasteiger partial charge in [0.15, 0.2) is 11.4 Å². The number of benzene rings is 2. The van der Waals surface area contributed by atoms with Gasteiger partial charge in [-0.25, -0.2) is 14.2 Å². The second-order valence-corrected chi connectivity index (χ2v) is 10.6. The fourth-order valence-electron chi connectivity index (χ4n) is 3.57. The van der Waals surface area contributed by atoms with Gasteiger partial charge in [-0.15, -0.1) is 0 Å². The molecule has 0 aliphatic carbocycles. The van der Waals surface area contributed by atoms with E-state index in [0.29, 0.717) is 23.2 Å². The molecule has 0 radical (unpaired) electrons. The Morgan fingerprint density at radius 2 is 1.20 bits per heavy atom. The highest BCUT2D eigenvalue weighted by Gasteiger charge is 2.41. The first kappa shape index (κ1) is 37.2. The number of nitrogens with zero attached hydrogens (tertiary/aromatic N) is 4. The van der Waals surface area contributed by atoms with Gasteiger partial charge in [0.2, 0.25) is 0 Å². The minimum Gasteiger partial charge on any atom is -0.478 e. The average Bonchev–Trinajstić information content (AvgIpc) is 3.66. The topological polar surface area (TPSA) is 128 Å². The van der Waals surface area contributed by atoms with Gasteiger partial charge in [-0.1, -0.05) is 36.4 Å². The van der Waals surface area contributed by atoms with Crippen molar-refractivity contribution < 1.29 is 41.0 Å². The minimum atomic E-state index is -4.79. The number of carboxylic acids is 1. The van der Waals surface area contributed by atoms with E-state index in [9.17, 15) is 35.9 Å². The molecule has 4 aromatic rings. The van der Waals surface area contributed by atoms with Gasteiger partial charge in [0.05, 0.1) is 29.3 Å². The first-order valence-electron chi connectivity index (χ1n) is 12.9. The van der Waals surface area contributed by atoms with Crippen LogP contribution in [-0.2, 0) is 12.4 Å². The van der Waals surface area contributed by atoms with Crippen LogP contribution in [0.15, 0.2) is 73.1 Å². The van der Waals surface area contributed by atoms with Gasteiger partial charge in [-0.05, 0) is 36.8 Å². The molecule has 45 heavy (non-hydrogen) atoms. The fourth-order valence-corrected chi connectivity index (χ4v) is 4.12. The summed E-state index contributed by atoms with van der Waals surface area (Å²) in [5.74, 6) is -0.729. The van der Waals surface area contributed by atoms with Crippen LogP contribution in [0.2, 0.25) is 0 Å². The monoisotopic (exact) mass is 676 g/mol. The number of hydrogen-bond donors (Lipinski definition) is 3. The number of nitrogens with two attached hydrogens (primary N) is 1. The van der Waals surface area contributed by atoms with Crippen molar-refractivity contribution in [2.45, 2.75) is 12.4 Å². The van der Waals surface area contributed by atoms with Gasteiger partial charge in [0.1, 0.15) is 5.56 Å². The zero-order chi connectivity index (χ0) is 33.6. The lowest BCUT2D eigenvalue weighted by atomic mass is 10.2. The van der Waals surface area contributed by atoms with Crippen molar-refractivity contribution in [3.63, 3.8) is 0 Å². The fraction of sp³-hybridized carbons (Fsp3) is 0.286. The van der Waals surface area contributed by atoms with Crippen LogP contribution < -0.4 is 11.1 Å². The first-order chi connectivity index (χ1) is 21.3. The van der Waals surface area contributed by atoms with Gasteiger partial charge >= 0.3 is 18.3 Å². The van der Waals surface area contributed by atoms with Gasteiger partial charge in [-0.3, -0.25) is 4.79 Å². The van der Waals surface area contributed by atoms with Crippen molar-refractivity contribution in [1.82, 2.24) is 24.9 Å². The molecule has 0 aliphatic heterocycles. The number of para-hydroxylation sites is 2. The van der Waals surface area contributed by atoms with E-state index >= 15 is 0 Å². The van der Waals surface area contributed by atoms with Crippen molar-refractivity contribution in [3.8, 4) is 11.4 Å². The number of aromatic carboxylic acids is 1. The van der Waals surface area contributed by atoms with Crippen molar-refractivity contribution >= 4 is 35.4 Å². The van der Waals surface area contributed by atoms with Crippen molar-refractivity contribution in [1.29, 1.82) is 0 Å². The Morgan fingerprint density at radius 1 is 0.778 bits per heavy atom. The van der Waals surface area contributed by atoms with Crippen LogP contribution in [0.5, 0.6) is 0 Å². The van der Waals surface area contributed by atoms with E-state index in [2.05, 4.69) is 15.5 Å². The second-order valence-electron chi connectivity index (χ2n) is 8.64. The molecule has 0 fully saturated rings. The number of carboxylic acid groups (broad SMARTS) is 1. The SMILES string of the molecule is CSCCN.CSCCNC(=O)c1cnn(-c2ccccc2)c1C(F)(F)F.O=C(O)c1cnn(-c2ccccc2)c1C(F)(F)F. The number of alkyl halides is 6. The van der Waals surface area contributed by atoms with Crippen LogP contribution in [0.4, 0.5) is 26.3 Å². The predicted octanol–water partition coefficient (Wildman–Crippen LogP) is 5.88. The third-order valence-corrected chi connectivity index (χ3v) is 6.72. The zero-order valence-electron chi connectivity index (χ0n) is 24.0. The van der Waals surface area contributed by atoms with Crippen LogP contribution in [-0.4, -0.2) is 73.7 Å². The van der Waals surface area contributed by atoms with Gasteiger partial charge in [-0.2, -0.15) is 60.1 Å². The molecule has 0 saturated heterocycles. The number of halogens is 6. The van der Waals surface area contributed by atoms with E-state index < -0.39 is 46.7 Å². The normalized spacial score (nSPS) is 11.1. The highest BCUT2D eigenvalue weighted by Crippen LogP contribution is 2.34. The molecule has 0 spiro atoms. The summed E-state index contributed by atoms with van der Waals surface area (Å²) in [6, 6.07) is 15.4. The zero-order valence-corrected chi connectivity index (χ0v) is 25.6. The van der Waals surface area contributed by atoms with Crippen molar-refractivity contribution in [3.05, 3.63) is 95.6 Å². The number of carbonyl (C=O) groups excluding carboxylic acids is 1. The molecule has 0 bridgehead atoms. The Morgan fingerprint density at radius 3 is 1.56 bits per heavy atom. The number of rotatable bonds is 9. The van der Waals surface area contributed by atoms with Crippen molar-refractivity contribution in [2.75, 3.05) is 37.1 Å². The maximum atomic E-state index is 13.3. The molecule has 4 rings (SSSR count). The lowest BCUT2D eigenvalue weighted by Gasteiger charge is -2.12. The molecular formula is C28H30F6N6O3S2. The summed E-state index contributed by atoms with van der Waals surface area (Å²) in [7, 11) is 0. The van der Waals surface area contributed by atoms with Crippen LogP contribution in [0.25, 0.3) is 11.4 Å². The van der Waals surface area contributed by atoms with E-state index in [4.69, 9.17) is 10.8 Å². The maximum Gasteiger partial charge on any atom is 0.434 e. The molecule has 0 atom stereocenters. The summed E-state index contributed by atoms with van der Waals surface area (Å²) in [4.78, 5) is 22.7. The Balaban J connectivity index is 0.000000277. The largest absolute Gasteiger partial charge is 0.478 e. The van der Waals surface area contributed by atoms with Gasteiger partial charge in [0.25, 0.3) is 5.91 Å². The summed E-state index contributed by atoms with van der Waals surface area (Å²) < 4.78 is 79.9. The highest BCUT2D eigenvalue weighted by molar-refractivity contribution is 7.98. The molecular weight excluding hydrogens is 646 g/mol. The smallest absolute Gasteiger partial charge is 0.434 e. The molecule has 17 heteroatoms. The highest BCUT2D eigenvalue weighted by atomic mass is 32.2. The van der Waals surface area contributed by atoms with Crippen LogP contribution >= 0.6 is 23.5 Å². The third kappa shape index (κ3) is 10.9. The summed E-state index contributed by atoms with van der Waals surface area (Å²) >= 11 is 3.27. The molecule has 2 aromatic heterocycles. The quantitative estimate of drug-likeness (QED) is 0.148. The van der Waals surface area contributed by atoms with E-state index in [1.807, 2.05) is 12.5 Å². The third-order valence-electron chi connectivity index (χ3n) is 5.47. The second kappa shape index (κ2) is 17.5. The lowest BCUT2D eigenvalue weighted by molar-refractivity contribution is -0.144. The number of thioether (sulfide) groups is 2. The lowest BCUT2D eigenvalue weighted by Crippen LogP contribution is -2.28. The van der Waals surface area contributed by atoms with E-state index in [-0.39, 0.29) is 11.4 Å². The molecule has 0 saturated carbocycles. The van der Waals surface area contributed by atoms with Crippen LogP contribution in [0.1, 0.15) is 32.1 Å². The molecule has 0 unspecified atom stereocenters.